The van der Waals surface area contributed by atoms with Gasteiger partial charge in [-0.15, -0.1) is 11.8 Å². The number of carbonyl (C=O) groups is 1. The van der Waals surface area contributed by atoms with Gasteiger partial charge in [0.15, 0.2) is 0 Å². The molecule has 27 heavy (non-hydrogen) atoms. The summed E-state index contributed by atoms with van der Waals surface area (Å²) in [5, 5.41) is 9.36. The van der Waals surface area contributed by atoms with Crippen molar-refractivity contribution in [3.05, 3.63) is 51.6 Å². The summed E-state index contributed by atoms with van der Waals surface area (Å²) in [6.07, 6.45) is -4.45. The minimum absolute atomic E-state index is 0.0103. The number of rotatable bonds is 4. The molecule has 2 N–H and O–H groups in total. The number of benzene rings is 1. The Kier molecular flexibility index (Phi) is 5.01. The van der Waals surface area contributed by atoms with E-state index in [0.29, 0.717) is 21.7 Å². The number of aryl methyl sites for hydroxylation is 2. The van der Waals surface area contributed by atoms with E-state index >= 15 is 0 Å². The van der Waals surface area contributed by atoms with Crippen molar-refractivity contribution in [2.75, 3.05) is 11.1 Å². The first-order valence-electron chi connectivity index (χ1n) is 7.75. The molecule has 0 aliphatic rings. The normalized spacial score (nSPS) is 11.7. The van der Waals surface area contributed by atoms with Gasteiger partial charge in [0.1, 0.15) is 11.1 Å². The van der Waals surface area contributed by atoms with E-state index in [1.807, 2.05) is 0 Å². The number of alkyl halides is 3. The van der Waals surface area contributed by atoms with Gasteiger partial charge in [0.05, 0.1) is 22.4 Å². The molecule has 0 atom stereocenters. The van der Waals surface area contributed by atoms with Crippen molar-refractivity contribution in [2.45, 2.75) is 24.9 Å². The van der Waals surface area contributed by atoms with Gasteiger partial charge in [-0.1, -0.05) is 6.07 Å². The first-order valence-corrected chi connectivity index (χ1v) is 8.73. The van der Waals surface area contributed by atoms with Gasteiger partial charge in [0.2, 0.25) is 11.8 Å². The average Bonchev–Trinajstić information content (AvgIpc) is 2.93. The van der Waals surface area contributed by atoms with Gasteiger partial charge in [0.25, 0.3) is 5.56 Å². The molecule has 0 unspecified atom stereocenters. The Labute approximate surface area is 155 Å². The summed E-state index contributed by atoms with van der Waals surface area (Å²) in [5.41, 5.74) is -0.743. The van der Waals surface area contributed by atoms with E-state index in [-0.39, 0.29) is 17.0 Å². The molecule has 2 heterocycles. The molecule has 0 saturated carbocycles. The van der Waals surface area contributed by atoms with E-state index in [9.17, 15) is 22.8 Å². The van der Waals surface area contributed by atoms with E-state index in [2.05, 4.69) is 15.5 Å². The molecule has 1 amide bonds. The molecule has 0 saturated heterocycles. The second-order valence-electron chi connectivity index (χ2n) is 5.74. The van der Waals surface area contributed by atoms with E-state index < -0.39 is 23.2 Å². The number of hydrogen-bond acceptors (Lipinski definition) is 5. The molecular formula is C17H14F3N3O3S. The van der Waals surface area contributed by atoms with Crippen molar-refractivity contribution < 1.29 is 22.4 Å². The zero-order valence-corrected chi connectivity index (χ0v) is 15.0. The van der Waals surface area contributed by atoms with E-state index in [1.165, 1.54) is 12.1 Å². The van der Waals surface area contributed by atoms with Gasteiger partial charge in [-0.25, -0.2) is 5.10 Å². The monoisotopic (exact) mass is 397 g/mol. The molecule has 2 aromatic heterocycles. The fourth-order valence-corrected chi connectivity index (χ4v) is 3.36. The van der Waals surface area contributed by atoms with Crippen molar-refractivity contribution in [2.24, 2.45) is 0 Å². The number of nitrogens with zero attached hydrogens (tertiary/aromatic N) is 1. The Balaban J connectivity index is 1.75. The Morgan fingerprint density at radius 3 is 2.74 bits per heavy atom. The second kappa shape index (κ2) is 7.10. The van der Waals surface area contributed by atoms with Crippen LogP contribution < -0.4 is 10.9 Å². The first-order chi connectivity index (χ1) is 12.7. The van der Waals surface area contributed by atoms with E-state index in [0.717, 1.165) is 23.9 Å². The Morgan fingerprint density at radius 1 is 1.30 bits per heavy atom. The van der Waals surface area contributed by atoms with Crippen LogP contribution in [0.25, 0.3) is 10.8 Å². The maximum Gasteiger partial charge on any atom is 0.416 e. The molecule has 0 radical (unpaired) electrons. The van der Waals surface area contributed by atoms with Crippen LogP contribution in [-0.4, -0.2) is 21.9 Å². The molecule has 10 heteroatoms. The Bertz CT molecular complexity index is 1070. The molecule has 0 bridgehead atoms. The quantitative estimate of drug-likeness (QED) is 0.653. The standard InChI is InChI=1S/C17H14F3N3O3S/c1-8-13-9(2)26-16(14(13)15(25)23-22-8)21-12(24)7-27-11-5-3-4-10(6-11)17(18,19)20/h3-6H,7H2,1-2H3,(H,21,24)(H,23,25). The molecule has 3 aromatic rings. The summed E-state index contributed by atoms with van der Waals surface area (Å²) < 4.78 is 43.7. The zero-order valence-electron chi connectivity index (χ0n) is 14.2. The third-order valence-corrected chi connectivity index (χ3v) is 4.78. The van der Waals surface area contributed by atoms with Crippen molar-refractivity contribution in [1.29, 1.82) is 0 Å². The third kappa shape index (κ3) is 4.00. The number of carbonyl (C=O) groups excluding carboxylic acids is 1. The lowest BCUT2D eigenvalue weighted by Gasteiger charge is -2.08. The minimum atomic E-state index is -4.45. The summed E-state index contributed by atoms with van der Waals surface area (Å²) >= 11 is 0.946. The highest BCUT2D eigenvalue weighted by atomic mass is 32.2. The van der Waals surface area contributed by atoms with Crippen molar-refractivity contribution >= 4 is 34.3 Å². The highest BCUT2D eigenvalue weighted by molar-refractivity contribution is 8.00. The summed E-state index contributed by atoms with van der Waals surface area (Å²) in [4.78, 5) is 24.5. The van der Waals surface area contributed by atoms with Gasteiger partial charge in [-0.2, -0.15) is 18.3 Å². The summed E-state index contributed by atoms with van der Waals surface area (Å²) in [5.74, 6) is -0.238. The maximum absolute atomic E-state index is 12.7. The number of H-pyrrole nitrogens is 1. The maximum atomic E-state index is 12.7. The lowest BCUT2D eigenvalue weighted by Crippen LogP contribution is -2.16. The molecule has 6 nitrogen and oxygen atoms in total. The lowest BCUT2D eigenvalue weighted by molar-refractivity contribution is -0.137. The number of fused-ring (bicyclic) bond motifs is 1. The van der Waals surface area contributed by atoms with Gasteiger partial charge < -0.3 is 4.42 Å². The number of nitrogens with one attached hydrogen (secondary N) is 2. The topological polar surface area (TPSA) is 88.0 Å². The van der Waals surface area contributed by atoms with Gasteiger partial charge in [0, 0.05) is 4.90 Å². The smallest absolute Gasteiger partial charge is 0.416 e. The molecule has 0 fully saturated rings. The van der Waals surface area contributed by atoms with Crippen LogP contribution in [0.4, 0.5) is 19.1 Å². The number of aromatic amines is 1. The molecule has 0 spiro atoms. The highest BCUT2D eigenvalue weighted by Gasteiger charge is 2.30. The lowest BCUT2D eigenvalue weighted by atomic mass is 10.2. The summed E-state index contributed by atoms with van der Waals surface area (Å²) in [7, 11) is 0. The summed E-state index contributed by atoms with van der Waals surface area (Å²) in [6, 6.07) is 4.70. The minimum Gasteiger partial charge on any atom is -0.444 e. The van der Waals surface area contributed by atoms with Crippen molar-refractivity contribution in [3.8, 4) is 0 Å². The second-order valence-corrected chi connectivity index (χ2v) is 6.79. The molecule has 0 aliphatic heterocycles. The largest absolute Gasteiger partial charge is 0.444 e. The van der Waals surface area contributed by atoms with E-state index in [1.54, 1.807) is 13.8 Å². The van der Waals surface area contributed by atoms with Gasteiger partial charge in [-0.05, 0) is 32.0 Å². The van der Waals surface area contributed by atoms with Crippen LogP contribution in [0.15, 0.2) is 38.4 Å². The van der Waals surface area contributed by atoms with Crippen LogP contribution in [0.2, 0.25) is 0 Å². The number of thioether (sulfide) groups is 1. The van der Waals surface area contributed by atoms with Crippen LogP contribution >= 0.6 is 11.8 Å². The van der Waals surface area contributed by atoms with Gasteiger partial charge in [-0.3, -0.25) is 14.9 Å². The molecule has 1 aromatic carbocycles. The Morgan fingerprint density at radius 2 is 2.04 bits per heavy atom. The fraction of sp³-hybridized carbons (Fsp3) is 0.235. The predicted molar refractivity (Wildman–Crippen MR) is 94.9 cm³/mol. The molecule has 0 aliphatic carbocycles. The third-order valence-electron chi connectivity index (χ3n) is 3.78. The van der Waals surface area contributed by atoms with Gasteiger partial charge >= 0.3 is 6.18 Å². The molecule has 3 rings (SSSR count). The number of anilines is 1. The average molecular weight is 397 g/mol. The molecular weight excluding hydrogens is 383 g/mol. The number of hydrogen-bond donors (Lipinski definition) is 2. The number of amides is 1. The van der Waals surface area contributed by atoms with Crippen LogP contribution in [0.1, 0.15) is 17.0 Å². The van der Waals surface area contributed by atoms with Crippen molar-refractivity contribution in [3.63, 3.8) is 0 Å². The van der Waals surface area contributed by atoms with Crippen molar-refractivity contribution in [1.82, 2.24) is 10.2 Å². The SMILES string of the molecule is Cc1n[nH]c(=O)c2c(NC(=O)CSc3cccc(C(F)(F)F)c3)oc(C)c12. The summed E-state index contributed by atoms with van der Waals surface area (Å²) in [6.45, 7) is 3.33. The van der Waals surface area contributed by atoms with Crippen LogP contribution in [0.5, 0.6) is 0 Å². The number of halogens is 3. The molecule has 142 valence electrons. The first kappa shape index (κ1) is 19.0. The highest BCUT2D eigenvalue weighted by Crippen LogP contribution is 2.32. The Hall–Kier alpha value is -2.75. The zero-order chi connectivity index (χ0) is 19.8. The fourth-order valence-electron chi connectivity index (χ4n) is 2.61. The number of aromatic nitrogens is 2. The van der Waals surface area contributed by atoms with E-state index in [4.69, 9.17) is 4.42 Å². The van der Waals surface area contributed by atoms with Crippen LogP contribution in [-0.2, 0) is 11.0 Å². The predicted octanol–water partition coefficient (Wildman–Crippen LogP) is 3.88. The number of furan rings is 1. The van der Waals surface area contributed by atoms with Crippen LogP contribution in [0, 0.1) is 13.8 Å². The van der Waals surface area contributed by atoms with Crippen LogP contribution in [0.3, 0.4) is 0 Å².